The quantitative estimate of drug-likeness (QED) is 0.534. The van der Waals surface area contributed by atoms with E-state index < -0.39 is 24.4 Å². The van der Waals surface area contributed by atoms with Crippen molar-refractivity contribution in [2.24, 2.45) is 0 Å². The molecule has 0 radical (unpaired) electrons. The Bertz CT molecular complexity index is 911. The molecule has 0 bridgehead atoms. The van der Waals surface area contributed by atoms with Gasteiger partial charge in [0.1, 0.15) is 12.3 Å². The first kappa shape index (κ1) is 22.4. The molecule has 0 heterocycles. The number of ether oxygens (including phenoxy) is 2. The van der Waals surface area contributed by atoms with Crippen molar-refractivity contribution < 1.29 is 28.7 Å². The fraction of sp³-hybridized carbons (Fsp3) is 0.238. The van der Waals surface area contributed by atoms with Crippen molar-refractivity contribution in [2.75, 3.05) is 32.1 Å². The average Bonchev–Trinajstić information content (AvgIpc) is 2.76. The Hall–Kier alpha value is -3.88. The molecule has 0 unspecified atom stereocenters. The Kier molecular flexibility index (Phi) is 8.37. The molecule has 2 aromatic rings. The van der Waals surface area contributed by atoms with Gasteiger partial charge in [-0.3, -0.25) is 19.2 Å². The van der Waals surface area contributed by atoms with Crippen LogP contribution in [0.5, 0.6) is 5.75 Å². The van der Waals surface area contributed by atoms with E-state index in [1.807, 2.05) is 6.92 Å². The molecule has 0 saturated heterocycles. The molecule has 158 valence electrons. The molecule has 0 aliphatic rings. The lowest BCUT2D eigenvalue weighted by atomic mass is 10.2. The molecule has 9 nitrogen and oxygen atoms in total. The first-order valence-corrected chi connectivity index (χ1v) is 9.21. The van der Waals surface area contributed by atoms with E-state index in [0.717, 1.165) is 0 Å². The predicted octanol–water partition coefficient (Wildman–Crippen LogP) is 1.36. The maximum Gasteiger partial charge on any atom is 0.325 e. The minimum Gasteiger partial charge on any atom is -0.494 e. The van der Waals surface area contributed by atoms with Gasteiger partial charge in [-0.25, -0.2) is 0 Å². The second kappa shape index (κ2) is 11.2. The number of amides is 3. The standard InChI is InChI=1S/C21H23N3O6/c1-3-29-17-9-7-14(8-10-17)21(28)23-12-19(26)30-13-18(25)24-16-6-4-5-15(11-16)20(27)22-2/h4-11H,3,12-13H2,1-2H3,(H,22,27)(H,23,28)(H,24,25). The van der Waals surface area contributed by atoms with Gasteiger partial charge in [-0.05, 0) is 49.4 Å². The highest BCUT2D eigenvalue weighted by Crippen LogP contribution is 2.12. The predicted molar refractivity (Wildman–Crippen MR) is 109 cm³/mol. The van der Waals surface area contributed by atoms with E-state index in [1.54, 1.807) is 42.5 Å². The number of hydrogen-bond donors (Lipinski definition) is 3. The van der Waals surface area contributed by atoms with E-state index >= 15 is 0 Å². The summed E-state index contributed by atoms with van der Waals surface area (Å²) < 4.78 is 10.1. The van der Waals surface area contributed by atoms with Gasteiger partial charge < -0.3 is 25.4 Å². The molecule has 2 rings (SSSR count). The lowest BCUT2D eigenvalue weighted by Crippen LogP contribution is -2.32. The number of anilines is 1. The molecule has 30 heavy (non-hydrogen) atoms. The van der Waals surface area contributed by atoms with Gasteiger partial charge >= 0.3 is 5.97 Å². The molecule has 2 aromatic carbocycles. The number of carbonyl (C=O) groups excluding carboxylic acids is 4. The van der Waals surface area contributed by atoms with Crippen LogP contribution in [-0.2, 0) is 14.3 Å². The van der Waals surface area contributed by atoms with Crippen LogP contribution >= 0.6 is 0 Å². The van der Waals surface area contributed by atoms with Crippen LogP contribution in [0.15, 0.2) is 48.5 Å². The highest BCUT2D eigenvalue weighted by Gasteiger charge is 2.12. The SMILES string of the molecule is CCOc1ccc(C(=O)NCC(=O)OCC(=O)Nc2cccc(C(=O)NC)c2)cc1. The van der Waals surface area contributed by atoms with E-state index in [1.165, 1.54) is 13.1 Å². The summed E-state index contributed by atoms with van der Waals surface area (Å²) in [5.41, 5.74) is 1.13. The van der Waals surface area contributed by atoms with Crippen molar-refractivity contribution in [1.82, 2.24) is 10.6 Å². The van der Waals surface area contributed by atoms with E-state index in [4.69, 9.17) is 9.47 Å². The Morgan fingerprint density at radius 2 is 1.67 bits per heavy atom. The summed E-state index contributed by atoms with van der Waals surface area (Å²) in [6.07, 6.45) is 0. The van der Waals surface area contributed by atoms with E-state index in [0.29, 0.717) is 29.2 Å². The highest BCUT2D eigenvalue weighted by molar-refractivity contribution is 5.98. The number of rotatable bonds is 9. The fourth-order valence-electron chi connectivity index (χ4n) is 2.40. The van der Waals surface area contributed by atoms with Crippen LogP contribution in [-0.4, -0.2) is 50.5 Å². The molecule has 0 aliphatic carbocycles. The van der Waals surface area contributed by atoms with Crippen LogP contribution in [0.1, 0.15) is 27.6 Å². The Labute approximate surface area is 173 Å². The van der Waals surface area contributed by atoms with Gasteiger partial charge in [-0.1, -0.05) is 6.07 Å². The molecular formula is C21H23N3O6. The minimum absolute atomic E-state index is 0.291. The van der Waals surface area contributed by atoms with Crippen LogP contribution in [0.2, 0.25) is 0 Å². The summed E-state index contributed by atoms with van der Waals surface area (Å²) in [6.45, 7) is 1.46. The lowest BCUT2D eigenvalue weighted by Gasteiger charge is -2.09. The lowest BCUT2D eigenvalue weighted by molar-refractivity contribution is -0.146. The second-order valence-corrected chi connectivity index (χ2v) is 6.01. The summed E-state index contributed by atoms with van der Waals surface area (Å²) in [6, 6.07) is 12.8. The normalized spacial score (nSPS) is 9.93. The third-order valence-corrected chi connectivity index (χ3v) is 3.82. The van der Waals surface area contributed by atoms with Crippen molar-refractivity contribution in [1.29, 1.82) is 0 Å². The second-order valence-electron chi connectivity index (χ2n) is 6.01. The van der Waals surface area contributed by atoms with Gasteiger partial charge in [0.05, 0.1) is 6.61 Å². The minimum atomic E-state index is -0.761. The Balaban J connectivity index is 1.75. The average molecular weight is 413 g/mol. The summed E-state index contributed by atoms with van der Waals surface area (Å²) in [4.78, 5) is 47.3. The number of nitrogens with one attached hydrogen (secondary N) is 3. The van der Waals surface area contributed by atoms with Crippen molar-refractivity contribution >= 4 is 29.4 Å². The van der Waals surface area contributed by atoms with Gasteiger partial charge in [-0.2, -0.15) is 0 Å². The number of benzene rings is 2. The van der Waals surface area contributed by atoms with Gasteiger partial charge in [-0.15, -0.1) is 0 Å². The zero-order chi connectivity index (χ0) is 21.9. The molecule has 0 spiro atoms. The third-order valence-electron chi connectivity index (χ3n) is 3.82. The monoisotopic (exact) mass is 413 g/mol. The maximum absolute atomic E-state index is 12.0. The van der Waals surface area contributed by atoms with Crippen LogP contribution < -0.4 is 20.7 Å². The number of hydrogen-bond acceptors (Lipinski definition) is 6. The smallest absolute Gasteiger partial charge is 0.325 e. The molecule has 0 atom stereocenters. The first-order valence-electron chi connectivity index (χ1n) is 9.21. The van der Waals surface area contributed by atoms with Crippen LogP contribution in [0, 0.1) is 0 Å². The van der Waals surface area contributed by atoms with Gasteiger partial charge in [0.15, 0.2) is 6.61 Å². The maximum atomic E-state index is 12.0. The summed E-state index contributed by atoms with van der Waals surface area (Å²) in [5, 5.41) is 7.43. The van der Waals surface area contributed by atoms with Crippen molar-refractivity contribution in [2.45, 2.75) is 6.92 Å². The molecule has 0 aromatic heterocycles. The highest BCUT2D eigenvalue weighted by atomic mass is 16.5. The van der Waals surface area contributed by atoms with E-state index in [-0.39, 0.29) is 12.5 Å². The Morgan fingerprint density at radius 1 is 0.933 bits per heavy atom. The van der Waals surface area contributed by atoms with Gasteiger partial charge in [0, 0.05) is 23.9 Å². The number of carbonyl (C=O) groups is 4. The molecular weight excluding hydrogens is 390 g/mol. The summed E-state index contributed by atoms with van der Waals surface area (Å²) in [7, 11) is 1.50. The molecule has 0 aliphatic heterocycles. The van der Waals surface area contributed by atoms with E-state index in [9.17, 15) is 19.2 Å². The largest absolute Gasteiger partial charge is 0.494 e. The van der Waals surface area contributed by atoms with Crippen molar-refractivity contribution in [3.63, 3.8) is 0 Å². The van der Waals surface area contributed by atoms with Gasteiger partial charge in [0.2, 0.25) is 0 Å². The Morgan fingerprint density at radius 3 is 2.33 bits per heavy atom. The van der Waals surface area contributed by atoms with Crippen molar-refractivity contribution in [3.05, 3.63) is 59.7 Å². The van der Waals surface area contributed by atoms with Crippen LogP contribution in [0.4, 0.5) is 5.69 Å². The van der Waals surface area contributed by atoms with Crippen LogP contribution in [0.25, 0.3) is 0 Å². The topological polar surface area (TPSA) is 123 Å². The zero-order valence-electron chi connectivity index (χ0n) is 16.7. The molecule has 3 N–H and O–H groups in total. The molecule has 9 heteroatoms. The van der Waals surface area contributed by atoms with Crippen LogP contribution in [0.3, 0.4) is 0 Å². The zero-order valence-corrected chi connectivity index (χ0v) is 16.7. The molecule has 3 amide bonds. The molecule has 0 saturated carbocycles. The van der Waals surface area contributed by atoms with Gasteiger partial charge in [0.25, 0.3) is 17.7 Å². The first-order chi connectivity index (χ1) is 14.4. The van der Waals surface area contributed by atoms with E-state index in [2.05, 4.69) is 16.0 Å². The fourth-order valence-corrected chi connectivity index (χ4v) is 2.40. The van der Waals surface area contributed by atoms with Crippen molar-refractivity contribution in [3.8, 4) is 5.75 Å². The summed E-state index contributed by atoms with van der Waals surface area (Å²) >= 11 is 0. The summed E-state index contributed by atoms with van der Waals surface area (Å²) in [5.74, 6) is -1.44. The molecule has 0 fully saturated rings. The third kappa shape index (κ3) is 6.93. The number of esters is 1.